The average molecular weight is 451 g/mol. The molecule has 4 heterocycles. The predicted octanol–water partition coefficient (Wildman–Crippen LogP) is 7.46. The zero-order valence-electron chi connectivity index (χ0n) is 19.3. The molecule has 1 aromatic heterocycles. The predicted molar refractivity (Wildman–Crippen MR) is 143 cm³/mol. The molecule has 4 nitrogen and oxygen atoms in total. The number of hydrogen-bond acceptors (Lipinski definition) is 3. The molecule has 0 N–H and O–H groups in total. The maximum absolute atomic E-state index is 5.22. The van der Waals surface area contributed by atoms with Crippen LogP contribution in [0.3, 0.4) is 0 Å². The Kier molecular flexibility index (Phi) is 3.68. The molecule has 35 heavy (non-hydrogen) atoms. The maximum atomic E-state index is 5.22. The maximum Gasteiger partial charge on any atom is 0.113 e. The van der Waals surface area contributed by atoms with E-state index < -0.39 is 0 Å². The number of para-hydroxylation sites is 3. The van der Waals surface area contributed by atoms with Crippen molar-refractivity contribution in [3.8, 4) is 11.4 Å². The van der Waals surface area contributed by atoms with Gasteiger partial charge in [0.1, 0.15) is 5.69 Å². The van der Waals surface area contributed by atoms with E-state index >= 15 is 0 Å². The first-order valence-electron chi connectivity index (χ1n) is 12.1. The van der Waals surface area contributed by atoms with Crippen molar-refractivity contribution in [3.05, 3.63) is 108 Å². The SMILES string of the molecule is Cn1c2c3ccccc3nc-2c(N2C3=CCC=CC3c3nc4ccccc4cc32)c2ccccc21. The van der Waals surface area contributed by atoms with Crippen LogP contribution in [0.1, 0.15) is 18.0 Å². The van der Waals surface area contributed by atoms with Crippen LogP contribution in [0.25, 0.3) is 44.1 Å². The summed E-state index contributed by atoms with van der Waals surface area (Å²) in [5.41, 5.74) is 10.1. The highest BCUT2D eigenvalue weighted by Crippen LogP contribution is 2.54. The highest BCUT2D eigenvalue weighted by atomic mass is 15.2. The van der Waals surface area contributed by atoms with E-state index in [4.69, 9.17) is 9.97 Å². The summed E-state index contributed by atoms with van der Waals surface area (Å²) in [5, 5.41) is 3.53. The van der Waals surface area contributed by atoms with Gasteiger partial charge in [-0.3, -0.25) is 0 Å². The summed E-state index contributed by atoms with van der Waals surface area (Å²) in [7, 11) is 2.15. The third kappa shape index (κ3) is 2.46. The smallest absolute Gasteiger partial charge is 0.113 e. The lowest BCUT2D eigenvalue weighted by Gasteiger charge is -2.28. The number of benzene rings is 3. The summed E-state index contributed by atoms with van der Waals surface area (Å²) < 4.78 is 2.30. The van der Waals surface area contributed by atoms with Crippen molar-refractivity contribution < 1.29 is 0 Å². The minimum Gasteiger partial charge on any atom is -0.342 e. The van der Waals surface area contributed by atoms with Crippen molar-refractivity contribution in [2.45, 2.75) is 12.3 Å². The Bertz CT molecular complexity index is 1860. The fourth-order valence-corrected chi connectivity index (χ4v) is 6.02. The van der Waals surface area contributed by atoms with Crippen molar-refractivity contribution in [2.75, 3.05) is 4.90 Å². The van der Waals surface area contributed by atoms with E-state index in [0.717, 1.165) is 45.6 Å². The number of hydrogen-bond donors (Lipinski definition) is 0. The summed E-state index contributed by atoms with van der Waals surface area (Å²) >= 11 is 0. The third-order valence-corrected chi connectivity index (χ3v) is 7.56. The summed E-state index contributed by atoms with van der Waals surface area (Å²) in [5.74, 6) is 0.149. The summed E-state index contributed by atoms with van der Waals surface area (Å²) in [6, 6.07) is 27.9. The Balaban J connectivity index is 1.54. The van der Waals surface area contributed by atoms with Gasteiger partial charge < -0.3 is 9.47 Å². The van der Waals surface area contributed by atoms with Crippen LogP contribution in [0.15, 0.2) is 103 Å². The van der Waals surface area contributed by atoms with Crippen LogP contribution in [-0.2, 0) is 7.05 Å². The molecule has 0 amide bonds. The molecule has 4 aromatic rings. The first-order valence-corrected chi connectivity index (χ1v) is 12.1. The lowest BCUT2D eigenvalue weighted by atomic mass is 9.97. The Hall–Kier alpha value is -4.44. The molecule has 1 atom stereocenters. The lowest BCUT2D eigenvalue weighted by molar-refractivity contribution is 0.937. The fourth-order valence-electron chi connectivity index (χ4n) is 6.02. The molecular weight excluding hydrogens is 428 g/mol. The van der Waals surface area contributed by atoms with Crippen molar-refractivity contribution in [1.29, 1.82) is 0 Å². The minimum atomic E-state index is 0.149. The van der Waals surface area contributed by atoms with E-state index in [1.165, 1.54) is 27.7 Å². The van der Waals surface area contributed by atoms with Gasteiger partial charge in [0.25, 0.3) is 0 Å². The van der Waals surface area contributed by atoms with Gasteiger partial charge in [0.05, 0.1) is 45.2 Å². The van der Waals surface area contributed by atoms with Crippen molar-refractivity contribution >= 4 is 44.1 Å². The molecule has 0 saturated carbocycles. The molecule has 1 unspecified atom stereocenters. The average Bonchev–Trinajstić information content (AvgIpc) is 3.44. The zero-order chi connectivity index (χ0) is 23.1. The van der Waals surface area contributed by atoms with Crippen LogP contribution < -0.4 is 4.90 Å². The van der Waals surface area contributed by atoms with Gasteiger partial charge in [0.2, 0.25) is 0 Å². The normalized spacial score (nSPS) is 16.9. The second kappa shape index (κ2) is 6.80. The molecule has 3 aromatic carbocycles. The van der Waals surface area contributed by atoms with E-state index in [9.17, 15) is 0 Å². The number of allylic oxidation sites excluding steroid dienone is 3. The monoisotopic (exact) mass is 450 g/mol. The second-order valence-electron chi connectivity index (χ2n) is 9.44. The molecule has 166 valence electrons. The van der Waals surface area contributed by atoms with Crippen LogP contribution in [0.2, 0.25) is 0 Å². The molecule has 0 spiro atoms. The molecule has 0 fully saturated rings. The Morgan fingerprint density at radius 1 is 0.829 bits per heavy atom. The van der Waals surface area contributed by atoms with Crippen molar-refractivity contribution in [1.82, 2.24) is 14.5 Å². The van der Waals surface area contributed by atoms with Crippen LogP contribution in [-0.4, -0.2) is 14.5 Å². The first kappa shape index (κ1) is 18.9. The van der Waals surface area contributed by atoms with Crippen LogP contribution >= 0.6 is 0 Å². The van der Waals surface area contributed by atoms with Gasteiger partial charge >= 0.3 is 0 Å². The zero-order valence-corrected chi connectivity index (χ0v) is 19.3. The van der Waals surface area contributed by atoms with Gasteiger partial charge in [-0.1, -0.05) is 72.8 Å². The third-order valence-electron chi connectivity index (χ3n) is 7.56. The Labute approximate surface area is 202 Å². The Morgan fingerprint density at radius 3 is 2.51 bits per heavy atom. The lowest BCUT2D eigenvalue weighted by Crippen LogP contribution is -2.17. The number of aromatic nitrogens is 3. The number of fused-ring (bicyclic) bond motifs is 8. The second-order valence-corrected chi connectivity index (χ2v) is 9.44. The quantitative estimate of drug-likeness (QED) is 0.244. The van der Waals surface area contributed by atoms with Gasteiger partial charge in [-0.25, -0.2) is 9.97 Å². The van der Waals surface area contributed by atoms with E-state index in [0.29, 0.717) is 0 Å². The topological polar surface area (TPSA) is 34.0 Å². The van der Waals surface area contributed by atoms with Crippen LogP contribution in [0.4, 0.5) is 11.4 Å². The van der Waals surface area contributed by atoms with Crippen molar-refractivity contribution in [2.24, 2.45) is 7.05 Å². The van der Waals surface area contributed by atoms with Crippen molar-refractivity contribution in [3.63, 3.8) is 0 Å². The van der Waals surface area contributed by atoms with E-state index in [2.05, 4.69) is 114 Å². The van der Waals surface area contributed by atoms with Crippen LogP contribution in [0, 0.1) is 0 Å². The first-order chi connectivity index (χ1) is 17.3. The number of aryl methyl sites for hydroxylation is 1. The standard InChI is InChI=1S/C31H22N4/c1-34-25-16-8-5-13-22(25)31(29-30(34)20-11-3-7-15-24(20)33-29)35-26-17-9-4-12-21(26)28-27(35)18-19-10-2-6-14-23(19)32-28/h2-8,10-18,21H,9H2,1H3. The molecule has 1 aliphatic carbocycles. The molecule has 0 saturated heterocycles. The van der Waals surface area contributed by atoms with Crippen LogP contribution in [0.5, 0.6) is 0 Å². The van der Waals surface area contributed by atoms with Gasteiger partial charge in [-0.05, 0) is 30.7 Å². The van der Waals surface area contributed by atoms with Gasteiger partial charge in [-0.15, -0.1) is 0 Å². The highest BCUT2D eigenvalue weighted by molar-refractivity contribution is 6.11. The van der Waals surface area contributed by atoms with E-state index in [1.807, 2.05) is 0 Å². The molecule has 3 aliphatic heterocycles. The van der Waals surface area contributed by atoms with Gasteiger partial charge in [0, 0.05) is 28.9 Å². The summed E-state index contributed by atoms with van der Waals surface area (Å²) in [6.45, 7) is 0. The molecule has 0 radical (unpaired) electrons. The minimum absolute atomic E-state index is 0.149. The largest absolute Gasteiger partial charge is 0.342 e. The van der Waals surface area contributed by atoms with E-state index in [1.54, 1.807) is 0 Å². The highest BCUT2D eigenvalue weighted by Gasteiger charge is 2.39. The number of pyridine rings is 2. The van der Waals surface area contributed by atoms with Gasteiger partial charge in [-0.2, -0.15) is 0 Å². The molecule has 4 heteroatoms. The summed E-state index contributed by atoms with van der Waals surface area (Å²) in [4.78, 5) is 12.8. The van der Waals surface area contributed by atoms with E-state index in [-0.39, 0.29) is 5.92 Å². The molecule has 8 rings (SSSR count). The summed E-state index contributed by atoms with van der Waals surface area (Å²) in [6.07, 6.45) is 7.85. The molecular formula is C31H22N4. The molecule has 0 bridgehead atoms. The number of anilines is 2. The van der Waals surface area contributed by atoms with Gasteiger partial charge in [0.15, 0.2) is 0 Å². The number of nitrogens with zero attached hydrogens (tertiary/aromatic N) is 4. The Morgan fingerprint density at radius 2 is 1.60 bits per heavy atom. The number of rotatable bonds is 1. The molecule has 4 aliphatic rings. The fraction of sp³-hybridized carbons (Fsp3) is 0.0968.